The third kappa shape index (κ3) is 7.57. The van der Waals surface area contributed by atoms with E-state index >= 15 is 0 Å². The molecule has 7 heteroatoms. The minimum atomic E-state index is -2.66. The lowest BCUT2D eigenvalue weighted by Crippen LogP contribution is -2.44. The van der Waals surface area contributed by atoms with Crippen LogP contribution in [0, 0.1) is 0 Å². The number of likely N-dealkylation sites (tertiary alicyclic amines) is 1. The van der Waals surface area contributed by atoms with Crippen LogP contribution in [0.4, 0.5) is 8.78 Å². The highest BCUT2D eigenvalue weighted by Crippen LogP contribution is 2.15. The van der Waals surface area contributed by atoms with Gasteiger partial charge in [-0.2, -0.15) is 8.78 Å². The van der Waals surface area contributed by atoms with Crippen molar-refractivity contribution in [2.75, 3.05) is 19.6 Å². The molecule has 3 nitrogen and oxygen atoms in total. The van der Waals surface area contributed by atoms with Crippen LogP contribution >= 0.6 is 24.8 Å². The maximum atomic E-state index is 11.9. The van der Waals surface area contributed by atoms with Crippen LogP contribution in [0.2, 0.25) is 0 Å². The molecule has 100 valence electrons. The second-order valence-corrected chi connectivity index (χ2v) is 3.90. The van der Waals surface area contributed by atoms with Gasteiger partial charge in [-0.25, -0.2) is 0 Å². The number of nitrogens with zero attached hydrogens (tertiary/aromatic N) is 1. The van der Waals surface area contributed by atoms with Crippen LogP contribution in [0.25, 0.3) is 0 Å². The molecule has 0 aliphatic carbocycles. The molecule has 0 spiro atoms. The average Bonchev–Trinajstić information content (AvgIpc) is 2.01. The van der Waals surface area contributed by atoms with Gasteiger partial charge in [0, 0.05) is 19.1 Å². The molecule has 0 radical (unpaired) electrons. The van der Waals surface area contributed by atoms with Crippen molar-refractivity contribution >= 4 is 24.8 Å². The third-order valence-corrected chi connectivity index (χ3v) is 2.30. The van der Waals surface area contributed by atoms with E-state index < -0.39 is 6.61 Å². The molecule has 0 aromatic heterocycles. The molecule has 2 N–H and O–H groups in total. The molecule has 2 unspecified atom stereocenters. The third-order valence-electron chi connectivity index (χ3n) is 2.30. The molecule has 1 saturated heterocycles. The van der Waals surface area contributed by atoms with Crippen molar-refractivity contribution in [3.8, 4) is 0 Å². The number of hydrogen-bond donors (Lipinski definition) is 1. The van der Waals surface area contributed by atoms with Gasteiger partial charge in [0.15, 0.2) is 0 Å². The van der Waals surface area contributed by atoms with Crippen molar-refractivity contribution in [3.05, 3.63) is 0 Å². The molecule has 2 atom stereocenters. The topological polar surface area (TPSA) is 38.5 Å². The number of alkyl halides is 2. The summed E-state index contributed by atoms with van der Waals surface area (Å²) in [5, 5.41) is 0. The van der Waals surface area contributed by atoms with Crippen molar-refractivity contribution in [1.29, 1.82) is 0 Å². The number of ether oxygens (including phenoxy) is 1. The maximum Gasteiger partial charge on any atom is 0.345 e. The van der Waals surface area contributed by atoms with Crippen LogP contribution < -0.4 is 5.73 Å². The largest absolute Gasteiger partial charge is 0.345 e. The van der Waals surface area contributed by atoms with Gasteiger partial charge in [0.25, 0.3) is 0 Å². The number of halogens is 4. The zero-order valence-electron chi connectivity index (χ0n) is 9.27. The second kappa shape index (κ2) is 9.36. The maximum absolute atomic E-state index is 11.9. The number of rotatable bonds is 4. The minimum absolute atomic E-state index is 0. The van der Waals surface area contributed by atoms with Crippen LogP contribution in [0.15, 0.2) is 0 Å². The summed E-state index contributed by atoms with van der Waals surface area (Å²) in [5.41, 5.74) is 5.64. The first kappa shape index (κ1) is 18.7. The molecular formula is C9H20Cl2F2N2O. The fourth-order valence-corrected chi connectivity index (χ4v) is 1.84. The van der Waals surface area contributed by atoms with Crippen LogP contribution in [-0.4, -0.2) is 43.3 Å². The number of piperidine rings is 1. The Bertz CT molecular complexity index is 160. The summed E-state index contributed by atoms with van der Waals surface area (Å²) in [6.07, 6.45) is 1.30. The van der Waals surface area contributed by atoms with Gasteiger partial charge in [-0.1, -0.05) is 0 Å². The van der Waals surface area contributed by atoms with Crippen molar-refractivity contribution in [2.24, 2.45) is 5.73 Å². The fourth-order valence-electron chi connectivity index (χ4n) is 1.84. The Morgan fingerprint density at radius 3 is 2.56 bits per heavy atom. The quantitative estimate of drug-likeness (QED) is 0.855. The molecule has 0 aromatic rings. The Hall–Kier alpha value is 0.320. The Kier molecular flexibility index (Phi) is 10.9. The van der Waals surface area contributed by atoms with Gasteiger partial charge in [0.1, 0.15) is 0 Å². The smallest absolute Gasteiger partial charge is 0.327 e. The van der Waals surface area contributed by atoms with E-state index in [9.17, 15) is 8.78 Å². The molecule has 0 amide bonds. The zero-order valence-corrected chi connectivity index (χ0v) is 10.9. The molecule has 1 rings (SSSR count). The van der Waals surface area contributed by atoms with Crippen molar-refractivity contribution in [1.82, 2.24) is 4.90 Å². The molecule has 0 saturated carbocycles. The normalized spacial score (nSPS) is 23.4. The van der Waals surface area contributed by atoms with Crippen LogP contribution in [0.3, 0.4) is 0 Å². The molecule has 16 heavy (non-hydrogen) atoms. The summed E-state index contributed by atoms with van der Waals surface area (Å²) in [4.78, 5) is 2.08. The summed E-state index contributed by atoms with van der Waals surface area (Å²) < 4.78 is 28.4. The van der Waals surface area contributed by atoms with Gasteiger partial charge in [-0.15, -0.1) is 24.8 Å². The second-order valence-electron chi connectivity index (χ2n) is 3.90. The van der Waals surface area contributed by atoms with E-state index in [0.717, 1.165) is 25.9 Å². The summed E-state index contributed by atoms with van der Waals surface area (Å²) >= 11 is 0. The monoisotopic (exact) mass is 280 g/mol. The lowest BCUT2D eigenvalue weighted by molar-refractivity contribution is -0.174. The van der Waals surface area contributed by atoms with Crippen LogP contribution in [0.5, 0.6) is 0 Å². The van der Waals surface area contributed by atoms with E-state index in [0.29, 0.717) is 6.54 Å². The van der Waals surface area contributed by atoms with E-state index in [1.807, 2.05) is 6.92 Å². The SMILES string of the molecule is CC(N)CN1CCCC(OC(F)F)C1.Cl.Cl. The van der Waals surface area contributed by atoms with E-state index in [2.05, 4.69) is 9.64 Å². The van der Waals surface area contributed by atoms with E-state index in [4.69, 9.17) is 5.73 Å². The Labute approximate surface area is 108 Å². The zero-order chi connectivity index (χ0) is 10.6. The average molecular weight is 281 g/mol. The predicted octanol–water partition coefficient (Wildman–Crippen LogP) is 1.88. The van der Waals surface area contributed by atoms with Gasteiger partial charge >= 0.3 is 6.61 Å². The van der Waals surface area contributed by atoms with Gasteiger partial charge in [0.2, 0.25) is 0 Å². The summed E-state index contributed by atoms with van der Waals surface area (Å²) in [6, 6.07) is 0.0836. The molecule has 1 aliphatic heterocycles. The molecular weight excluding hydrogens is 261 g/mol. The molecule has 1 heterocycles. The van der Waals surface area contributed by atoms with Crippen molar-refractivity contribution < 1.29 is 13.5 Å². The van der Waals surface area contributed by atoms with Crippen LogP contribution in [-0.2, 0) is 4.74 Å². The fraction of sp³-hybridized carbons (Fsp3) is 1.00. The first-order valence-corrected chi connectivity index (χ1v) is 4.99. The number of nitrogens with two attached hydrogens (primary N) is 1. The first-order chi connectivity index (χ1) is 6.58. The minimum Gasteiger partial charge on any atom is -0.327 e. The Morgan fingerprint density at radius 1 is 1.44 bits per heavy atom. The molecule has 1 fully saturated rings. The highest BCUT2D eigenvalue weighted by molar-refractivity contribution is 5.85. The van der Waals surface area contributed by atoms with Gasteiger partial charge < -0.3 is 10.5 Å². The lowest BCUT2D eigenvalue weighted by atomic mass is 10.1. The van der Waals surface area contributed by atoms with Crippen molar-refractivity contribution in [3.63, 3.8) is 0 Å². The highest BCUT2D eigenvalue weighted by atomic mass is 35.5. The van der Waals surface area contributed by atoms with E-state index in [1.165, 1.54) is 0 Å². The lowest BCUT2D eigenvalue weighted by Gasteiger charge is -2.33. The van der Waals surface area contributed by atoms with Gasteiger partial charge in [-0.05, 0) is 26.3 Å². The molecule has 0 aromatic carbocycles. The summed E-state index contributed by atoms with van der Waals surface area (Å²) in [5.74, 6) is 0. The van der Waals surface area contributed by atoms with Crippen molar-refractivity contribution in [2.45, 2.75) is 38.5 Å². The number of hydrogen-bond acceptors (Lipinski definition) is 3. The van der Waals surface area contributed by atoms with E-state index in [1.54, 1.807) is 0 Å². The highest BCUT2D eigenvalue weighted by Gasteiger charge is 2.23. The molecule has 1 aliphatic rings. The Morgan fingerprint density at radius 2 is 2.06 bits per heavy atom. The van der Waals surface area contributed by atoms with E-state index in [-0.39, 0.29) is 37.0 Å². The van der Waals surface area contributed by atoms with Gasteiger partial charge in [0.05, 0.1) is 6.10 Å². The predicted molar refractivity (Wildman–Crippen MR) is 64.7 cm³/mol. The summed E-state index contributed by atoms with van der Waals surface area (Å²) in [7, 11) is 0. The summed E-state index contributed by atoms with van der Waals surface area (Å²) in [6.45, 7) is 1.52. The molecule has 0 bridgehead atoms. The van der Waals surface area contributed by atoms with Crippen LogP contribution in [0.1, 0.15) is 19.8 Å². The Balaban J connectivity index is 0. The standard InChI is InChI=1S/C9H18F2N2O.2ClH/c1-7(12)5-13-4-2-3-8(6-13)14-9(10)11;;/h7-9H,2-6,12H2,1H3;2*1H. The van der Waals surface area contributed by atoms with Gasteiger partial charge in [-0.3, -0.25) is 4.90 Å². The first-order valence-electron chi connectivity index (χ1n) is 4.99.